The van der Waals surface area contributed by atoms with Crippen molar-refractivity contribution < 1.29 is 17.9 Å². The van der Waals surface area contributed by atoms with Gasteiger partial charge in [-0.1, -0.05) is 19.3 Å². The van der Waals surface area contributed by atoms with Crippen molar-refractivity contribution in [3.05, 3.63) is 23.9 Å². The molecule has 1 fully saturated rings. The highest BCUT2D eigenvalue weighted by molar-refractivity contribution is 5.78. The Kier molecular flexibility index (Phi) is 6.06. The molecule has 1 saturated carbocycles. The van der Waals surface area contributed by atoms with E-state index in [1.165, 1.54) is 25.3 Å². The van der Waals surface area contributed by atoms with Crippen LogP contribution in [-0.4, -0.2) is 30.1 Å². The maximum atomic E-state index is 12.4. The van der Waals surface area contributed by atoms with Crippen molar-refractivity contribution in [2.45, 2.75) is 44.3 Å². The van der Waals surface area contributed by atoms with Crippen LogP contribution in [0.4, 0.5) is 13.2 Å². The molecule has 0 amide bonds. The van der Waals surface area contributed by atoms with Crippen LogP contribution in [0.2, 0.25) is 0 Å². The Labute approximate surface area is 133 Å². The van der Waals surface area contributed by atoms with E-state index in [4.69, 9.17) is 10.5 Å². The SMILES string of the molecule is NC(=NCCOc1ccc(C(F)(F)F)cn1)NC1CCCCC1. The fourth-order valence-corrected chi connectivity index (χ4v) is 2.45. The van der Waals surface area contributed by atoms with E-state index in [2.05, 4.69) is 15.3 Å². The van der Waals surface area contributed by atoms with Gasteiger partial charge in [0.1, 0.15) is 6.61 Å². The van der Waals surface area contributed by atoms with Gasteiger partial charge in [0.15, 0.2) is 5.96 Å². The molecule has 0 radical (unpaired) electrons. The Morgan fingerprint density at radius 2 is 2.04 bits per heavy atom. The minimum atomic E-state index is -4.39. The van der Waals surface area contributed by atoms with E-state index < -0.39 is 11.7 Å². The molecule has 128 valence electrons. The number of aliphatic imine (C=N–C) groups is 1. The number of nitrogens with two attached hydrogens (primary N) is 1. The molecule has 23 heavy (non-hydrogen) atoms. The summed E-state index contributed by atoms with van der Waals surface area (Å²) in [5.41, 5.74) is 4.99. The Balaban J connectivity index is 1.70. The van der Waals surface area contributed by atoms with Crippen LogP contribution in [0.25, 0.3) is 0 Å². The number of ether oxygens (including phenoxy) is 1. The molecule has 0 bridgehead atoms. The van der Waals surface area contributed by atoms with Crippen LogP contribution in [-0.2, 0) is 6.18 Å². The number of hydrogen-bond donors (Lipinski definition) is 2. The molecule has 1 aliphatic carbocycles. The van der Waals surface area contributed by atoms with Gasteiger partial charge in [-0.3, -0.25) is 0 Å². The summed E-state index contributed by atoms with van der Waals surface area (Å²) < 4.78 is 42.4. The summed E-state index contributed by atoms with van der Waals surface area (Å²) in [5.74, 6) is 0.507. The van der Waals surface area contributed by atoms with Crippen LogP contribution >= 0.6 is 0 Å². The van der Waals surface area contributed by atoms with Crippen molar-refractivity contribution in [1.29, 1.82) is 0 Å². The molecule has 0 saturated heterocycles. The molecule has 5 nitrogen and oxygen atoms in total. The van der Waals surface area contributed by atoms with Crippen LogP contribution < -0.4 is 15.8 Å². The van der Waals surface area contributed by atoms with E-state index in [1.54, 1.807) is 0 Å². The molecule has 1 heterocycles. The summed E-state index contributed by atoms with van der Waals surface area (Å²) in [6, 6.07) is 2.51. The fraction of sp³-hybridized carbons (Fsp3) is 0.600. The Morgan fingerprint density at radius 1 is 1.30 bits per heavy atom. The Bertz CT molecular complexity index is 510. The molecule has 2 rings (SSSR count). The van der Waals surface area contributed by atoms with Gasteiger partial charge in [0.25, 0.3) is 0 Å². The Morgan fingerprint density at radius 3 is 2.65 bits per heavy atom. The number of aromatic nitrogens is 1. The highest BCUT2D eigenvalue weighted by atomic mass is 19.4. The first-order valence-electron chi connectivity index (χ1n) is 7.67. The van der Waals surface area contributed by atoms with E-state index in [9.17, 15) is 13.2 Å². The molecule has 1 aromatic rings. The molecule has 1 aromatic heterocycles. The lowest BCUT2D eigenvalue weighted by Gasteiger charge is -2.23. The highest BCUT2D eigenvalue weighted by Crippen LogP contribution is 2.29. The third-order valence-corrected chi connectivity index (χ3v) is 3.64. The monoisotopic (exact) mass is 330 g/mol. The minimum absolute atomic E-state index is 0.131. The van der Waals surface area contributed by atoms with Crippen molar-refractivity contribution in [1.82, 2.24) is 10.3 Å². The lowest BCUT2D eigenvalue weighted by Crippen LogP contribution is -2.41. The third-order valence-electron chi connectivity index (χ3n) is 3.64. The number of alkyl halides is 3. The van der Waals surface area contributed by atoms with Crippen LogP contribution in [0.3, 0.4) is 0 Å². The average molecular weight is 330 g/mol. The third kappa shape index (κ3) is 5.96. The van der Waals surface area contributed by atoms with Crippen LogP contribution in [0.1, 0.15) is 37.7 Å². The summed E-state index contributed by atoms with van der Waals surface area (Å²) in [5, 5.41) is 3.17. The second-order valence-electron chi connectivity index (χ2n) is 5.48. The van der Waals surface area contributed by atoms with Crippen molar-refractivity contribution in [3.8, 4) is 5.88 Å². The number of halogens is 3. The van der Waals surface area contributed by atoms with Crippen molar-refractivity contribution >= 4 is 5.96 Å². The van der Waals surface area contributed by atoms with Gasteiger partial charge in [0.2, 0.25) is 5.88 Å². The topological polar surface area (TPSA) is 72.5 Å². The predicted molar refractivity (Wildman–Crippen MR) is 81.2 cm³/mol. The van der Waals surface area contributed by atoms with E-state index in [0.717, 1.165) is 25.1 Å². The van der Waals surface area contributed by atoms with E-state index in [1.807, 2.05) is 0 Å². The molecular formula is C15H21F3N4O. The summed E-state index contributed by atoms with van der Waals surface area (Å²) >= 11 is 0. The van der Waals surface area contributed by atoms with Gasteiger partial charge >= 0.3 is 6.18 Å². The number of hydrogen-bond acceptors (Lipinski definition) is 3. The summed E-state index contributed by atoms with van der Waals surface area (Å²) in [7, 11) is 0. The zero-order valence-corrected chi connectivity index (χ0v) is 12.8. The molecule has 3 N–H and O–H groups in total. The predicted octanol–water partition coefficient (Wildman–Crippen LogP) is 2.72. The molecular weight excluding hydrogens is 309 g/mol. The van der Waals surface area contributed by atoms with Gasteiger partial charge < -0.3 is 15.8 Å². The van der Waals surface area contributed by atoms with Crippen LogP contribution in [0.15, 0.2) is 23.3 Å². The van der Waals surface area contributed by atoms with Gasteiger partial charge in [-0.25, -0.2) is 9.98 Å². The lowest BCUT2D eigenvalue weighted by molar-refractivity contribution is -0.137. The first kappa shape index (κ1) is 17.4. The van der Waals surface area contributed by atoms with Gasteiger partial charge in [0, 0.05) is 18.3 Å². The average Bonchev–Trinajstić information content (AvgIpc) is 2.52. The number of nitrogens with zero attached hydrogens (tertiary/aromatic N) is 2. The zero-order chi connectivity index (χ0) is 16.7. The standard InChI is InChI=1S/C15H21F3N4O/c16-15(17,18)11-6-7-13(21-10-11)23-9-8-20-14(19)22-12-4-2-1-3-5-12/h6-7,10,12H,1-5,8-9H2,(H3,19,20,22). The first-order valence-corrected chi connectivity index (χ1v) is 7.67. The van der Waals surface area contributed by atoms with Gasteiger partial charge in [0.05, 0.1) is 12.1 Å². The van der Waals surface area contributed by atoms with Crippen molar-refractivity contribution in [3.63, 3.8) is 0 Å². The number of rotatable bonds is 5. The lowest BCUT2D eigenvalue weighted by atomic mass is 9.96. The van der Waals surface area contributed by atoms with Crippen molar-refractivity contribution in [2.24, 2.45) is 10.7 Å². The number of nitrogens with one attached hydrogen (secondary N) is 1. The zero-order valence-electron chi connectivity index (χ0n) is 12.8. The first-order chi connectivity index (χ1) is 10.9. The second-order valence-corrected chi connectivity index (χ2v) is 5.48. The largest absolute Gasteiger partial charge is 0.476 e. The Hall–Kier alpha value is -1.99. The van der Waals surface area contributed by atoms with Crippen LogP contribution in [0, 0.1) is 0 Å². The smallest absolute Gasteiger partial charge is 0.417 e. The fourth-order valence-electron chi connectivity index (χ4n) is 2.45. The molecule has 0 aliphatic heterocycles. The van der Waals surface area contributed by atoms with E-state index in [-0.39, 0.29) is 12.5 Å². The maximum Gasteiger partial charge on any atom is 0.417 e. The van der Waals surface area contributed by atoms with Crippen LogP contribution in [0.5, 0.6) is 5.88 Å². The summed E-state index contributed by atoms with van der Waals surface area (Å²) in [4.78, 5) is 7.76. The molecule has 0 unspecified atom stereocenters. The summed E-state index contributed by atoms with van der Waals surface area (Å²) in [6.07, 6.45) is 2.22. The van der Waals surface area contributed by atoms with E-state index >= 15 is 0 Å². The molecule has 0 aromatic carbocycles. The van der Waals surface area contributed by atoms with Gasteiger partial charge in [-0.15, -0.1) is 0 Å². The van der Waals surface area contributed by atoms with Gasteiger partial charge in [-0.05, 0) is 18.9 Å². The maximum absolute atomic E-state index is 12.4. The normalized spacial score (nSPS) is 17.1. The highest BCUT2D eigenvalue weighted by Gasteiger charge is 2.30. The second kappa shape index (κ2) is 8.03. The van der Waals surface area contributed by atoms with E-state index in [0.29, 0.717) is 18.5 Å². The minimum Gasteiger partial charge on any atom is -0.476 e. The number of guanidine groups is 1. The quantitative estimate of drug-likeness (QED) is 0.495. The van der Waals surface area contributed by atoms with Crippen molar-refractivity contribution in [2.75, 3.05) is 13.2 Å². The molecule has 0 atom stereocenters. The molecule has 8 heteroatoms. The number of pyridine rings is 1. The van der Waals surface area contributed by atoms with Gasteiger partial charge in [-0.2, -0.15) is 13.2 Å². The summed E-state index contributed by atoms with van der Waals surface area (Å²) in [6.45, 7) is 0.514. The molecule has 0 spiro atoms. The molecule has 1 aliphatic rings.